The van der Waals surface area contributed by atoms with Crippen LogP contribution in [-0.2, 0) is 0 Å². The van der Waals surface area contributed by atoms with Gasteiger partial charge in [-0.3, -0.25) is 4.79 Å². The van der Waals surface area contributed by atoms with Gasteiger partial charge in [-0.15, -0.1) is 0 Å². The molecule has 6 heteroatoms. The molecule has 1 aliphatic rings. The van der Waals surface area contributed by atoms with Gasteiger partial charge in [-0.25, -0.2) is 4.79 Å². The number of carbonyl (C=O) groups is 2. The summed E-state index contributed by atoms with van der Waals surface area (Å²) < 4.78 is 0. The van der Waals surface area contributed by atoms with Crippen LogP contribution in [0.15, 0.2) is 54.6 Å². The van der Waals surface area contributed by atoms with E-state index in [9.17, 15) is 9.59 Å². The summed E-state index contributed by atoms with van der Waals surface area (Å²) in [4.78, 5) is 27.2. The third-order valence-corrected chi connectivity index (χ3v) is 5.08. The minimum Gasteiger partial charge on any atom is -0.338 e. The third-order valence-electron chi connectivity index (χ3n) is 5.08. The normalized spacial score (nSPS) is 18.9. The summed E-state index contributed by atoms with van der Waals surface area (Å²) in [6.07, 6.45) is 0. The van der Waals surface area contributed by atoms with E-state index in [-0.39, 0.29) is 29.8 Å². The van der Waals surface area contributed by atoms with Crippen LogP contribution in [0.25, 0.3) is 0 Å². The zero-order valence-electron chi connectivity index (χ0n) is 16.4. The fraction of sp³-hybridized carbons (Fsp3) is 0.364. The van der Waals surface area contributed by atoms with Gasteiger partial charge in [0, 0.05) is 25.0 Å². The van der Waals surface area contributed by atoms with Gasteiger partial charge in [-0.2, -0.15) is 0 Å². The average Bonchev–Trinajstić information content (AvgIpc) is 3.12. The first-order valence-corrected chi connectivity index (χ1v) is 9.70. The van der Waals surface area contributed by atoms with Crippen molar-refractivity contribution in [3.63, 3.8) is 0 Å². The number of benzene rings is 2. The highest BCUT2D eigenvalue weighted by Crippen LogP contribution is 2.33. The molecule has 0 aromatic heterocycles. The van der Waals surface area contributed by atoms with Crippen LogP contribution < -0.4 is 16.4 Å². The van der Waals surface area contributed by atoms with E-state index in [1.54, 1.807) is 18.2 Å². The van der Waals surface area contributed by atoms with E-state index in [1.165, 1.54) is 5.56 Å². The second kappa shape index (κ2) is 8.89. The van der Waals surface area contributed by atoms with Crippen molar-refractivity contribution < 1.29 is 9.59 Å². The molecular formula is C22H28N4O2. The molecule has 2 atom stereocenters. The molecule has 148 valence electrons. The molecule has 2 aromatic carbocycles. The standard InChI is InChI=1S/C22H28N4O2/c1-15(2)24-22(28)25-20-11-7-6-10-18(20)21(27)26-13-17(12-23)19(14-26)16-8-4-3-5-9-16/h3-11,15,17,19H,12-14,23H2,1-2H3,(H2,24,25,28)/t17-,19+/m1/s1. The fourth-order valence-electron chi connectivity index (χ4n) is 3.72. The van der Waals surface area contributed by atoms with E-state index in [0.29, 0.717) is 30.9 Å². The SMILES string of the molecule is CC(C)NC(=O)Nc1ccccc1C(=O)N1C[C@@H](CN)[C@H](c2ccccc2)C1. The lowest BCUT2D eigenvalue weighted by Crippen LogP contribution is -2.35. The van der Waals surface area contributed by atoms with Gasteiger partial charge in [-0.05, 0) is 44.0 Å². The molecule has 3 rings (SSSR count). The number of hydrogen-bond donors (Lipinski definition) is 3. The third kappa shape index (κ3) is 4.51. The smallest absolute Gasteiger partial charge is 0.319 e. The Hall–Kier alpha value is -2.86. The summed E-state index contributed by atoms with van der Waals surface area (Å²) in [6.45, 7) is 5.54. The summed E-state index contributed by atoms with van der Waals surface area (Å²) in [6, 6.07) is 17.0. The largest absolute Gasteiger partial charge is 0.338 e. The van der Waals surface area contributed by atoms with Gasteiger partial charge in [0.2, 0.25) is 0 Å². The Bertz CT molecular complexity index is 822. The quantitative estimate of drug-likeness (QED) is 0.745. The molecule has 3 amide bonds. The van der Waals surface area contributed by atoms with E-state index in [1.807, 2.05) is 43.0 Å². The second-order valence-electron chi connectivity index (χ2n) is 7.52. The number of para-hydroxylation sites is 1. The van der Waals surface area contributed by atoms with Gasteiger partial charge in [0.15, 0.2) is 0 Å². The monoisotopic (exact) mass is 380 g/mol. The van der Waals surface area contributed by atoms with Crippen molar-refractivity contribution in [1.29, 1.82) is 0 Å². The van der Waals surface area contributed by atoms with E-state index < -0.39 is 0 Å². The van der Waals surface area contributed by atoms with Crippen molar-refractivity contribution in [3.8, 4) is 0 Å². The molecule has 1 fully saturated rings. The number of hydrogen-bond acceptors (Lipinski definition) is 3. The molecule has 0 bridgehead atoms. The van der Waals surface area contributed by atoms with E-state index in [2.05, 4.69) is 22.8 Å². The number of likely N-dealkylation sites (tertiary alicyclic amines) is 1. The molecule has 0 radical (unpaired) electrons. The van der Waals surface area contributed by atoms with Gasteiger partial charge in [-0.1, -0.05) is 42.5 Å². The Morgan fingerprint density at radius 1 is 1.07 bits per heavy atom. The topological polar surface area (TPSA) is 87.5 Å². The maximum Gasteiger partial charge on any atom is 0.319 e. The van der Waals surface area contributed by atoms with Crippen molar-refractivity contribution in [2.24, 2.45) is 11.7 Å². The highest BCUT2D eigenvalue weighted by Gasteiger charge is 2.36. The Labute approximate surface area is 166 Å². The van der Waals surface area contributed by atoms with Gasteiger partial charge in [0.05, 0.1) is 11.3 Å². The number of amides is 3. The number of nitrogens with zero attached hydrogens (tertiary/aromatic N) is 1. The number of carbonyl (C=O) groups excluding carboxylic acids is 2. The molecule has 0 spiro atoms. The summed E-state index contributed by atoms with van der Waals surface area (Å²) >= 11 is 0. The fourth-order valence-corrected chi connectivity index (χ4v) is 3.72. The molecule has 1 saturated heterocycles. The zero-order valence-corrected chi connectivity index (χ0v) is 16.4. The van der Waals surface area contributed by atoms with Crippen molar-refractivity contribution in [2.75, 3.05) is 25.0 Å². The minimum atomic E-state index is -0.321. The molecular weight excluding hydrogens is 352 g/mol. The first kappa shape index (κ1) is 19.9. The van der Waals surface area contributed by atoms with Crippen LogP contribution in [0, 0.1) is 5.92 Å². The lowest BCUT2D eigenvalue weighted by atomic mass is 9.89. The molecule has 4 N–H and O–H groups in total. The Balaban J connectivity index is 1.78. The van der Waals surface area contributed by atoms with Gasteiger partial charge < -0.3 is 21.3 Å². The molecule has 6 nitrogen and oxygen atoms in total. The highest BCUT2D eigenvalue weighted by molar-refractivity contribution is 6.03. The molecule has 0 saturated carbocycles. The van der Waals surface area contributed by atoms with Crippen molar-refractivity contribution in [3.05, 3.63) is 65.7 Å². The van der Waals surface area contributed by atoms with Crippen LogP contribution in [-0.4, -0.2) is 42.5 Å². The Morgan fingerprint density at radius 3 is 2.43 bits per heavy atom. The number of urea groups is 1. The molecule has 0 aliphatic carbocycles. The second-order valence-corrected chi connectivity index (χ2v) is 7.52. The van der Waals surface area contributed by atoms with Crippen molar-refractivity contribution >= 4 is 17.6 Å². The summed E-state index contributed by atoms with van der Waals surface area (Å²) in [5.41, 5.74) is 8.21. The predicted molar refractivity (Wildman–Crippen MR) is 111 cm³/mol. The van der Waals surface area contributed by atoms with Gasteiger partial charge in [0.1, 0.15) is 0 Å². The Kier molecular flexibility index (Phi) is 6.31. The minimum absolute atomic E-state index is 0.0124. The number of nitrogens with two attached hydrogens (primary N) is 1. The molecule has 1 heterocycles. The number of nitrogens with one attached hydrogen (secondary N) is 2. The van der Waals surface area contributed by atoms with Crippen LogP contribution in [0.3, 0.4) is 0 Å². The lowest BCUT2D eigenvalue weighted by molar-refractivity contribution is 0.0787. The summed E-state index contributed by atoms with van der Waals surface area (Å²) in [5.74, 6) is 0.354. The Morgan fingerprint density at radius 2 is 1.75 bits per heavy atom. The van der Waals surface area contributed by atoms with E-state index >= 15 is 0 Å². The molecule has 0 unspecified atom stereocenters. The number of anilines is 1. The van der Waals surface area contributed by atoms with Crippen LogP contribution in [0.2, 0.25) is 0 Å². The summed E-state index contributed by atoms with van der Waals surface area (Å²) in [7, 11) is 0. The maximum absolute atomic E-state index is 13.2. The van der Waals surface area contributed by atoms with Crippen LogP contribution >= 0.6 is 0 Å². The average molecular weight is 380 g/mol. The molecule has 2 aromatic rings. The molecule has 1 aliphatic heterocycles. The maximum atomic E-state index is 13.2. The van der Waals surface area contributed by atoms with Gasteiger partial charge >= 0.3 is 6.03 Å². The zero-order chi connectivity index (χ0) is 20.1. The lowest BCUT2D eigenvalue weighted by Gasteiger charge is -2.19. The van der Waals surface area contributed by atoms with Crippen LogP contribution in [0.1, 0.15) is 35.7 Å². The first-order valence-electron chi connectivity index (χ1n) is 9.70. The predicted octanol–water partition coefficient (Wildman–Crippen LogP) is 3.03. The van der Waals surface area contributed by atoms with Crippen molar-refractivity contribution in [1.82, 2.24) is 10.2 Å². The van der Waals surface area contributed by atoms with E-state index in [0.717, 1.165) is 0 Å². The van der Waals surface area contributed by atoms with Gasteiger partial charge in [0.25, 0.3) is 5.91 Å². The van der Waals surface area contributed by atoms with Crippen molar-refractivity contribution in [2.45, 2.75) is 25.8 Å². The first-order chi connectivity index (χ1) is 13.5. The molecule has 28 heavy (non-hydrogen) atoms. The summed E-state index contributed by atoms with van der Waals surface area (Å²) in [5, 5.41) is 5.57. The van der Waals surface area contributed by atoms with E-state index in [4.69, 9.17) is 5.73 Å². The highest BCUT2D eigenvalue weighted by atomic mass is 16.2. The van der Waals surface area contributed by atoms with Crippen LogP contribution in [0.5, 0.6) is 0 Å². The number of rotatable bonds is 5. The van der Waals surface area contributed by atoms with Crippen LogP contribution in [0.4, 0.5) is 10.5 Å².